The Morgan fingerprint density at radius 3 is 3.13 bits per heavy atom. The second kappa shape index (κ2) is 4.35. The highest BCUT2D eigenvalue weighted by Crippen LogP contribution is 2.37. The molecule has 0 aromatic heterocycles. The number of hydrogen-bond donors (Lipinski definition) is 0. The Hall–Kier alpha value is -0.830. The van der Waals surface area contributed by atoms with Gasteiger partial charge in [0.15, 0.2) is 0 Å². The van der Waals surface area contributed by atoms with Gasteiger partial charge in [0.25, 0.3) is 0 Å². The molecule has 2 nitrogen and oxygen atoms in total. The van der Waals surface area contributed by atoms with E-state index < -0.39 is 0 Å². The van der Waals surface area contributed by atoms with Crippen LogP contribution in [0.25, 0.3) is 0 Å². The Balaban J connectivity index is 2.20. The predicted molar refractivity (Wildman–Crippen MR) is 61.8 cm³/mol. The minimum absolute atomic E-state index is 0.118. The number of hydrogen-bond acceptors (Lipinski definition) is 2. The Kier molecular flexibility index (Phi) is 3.10. The van der Waals surface area contributed by atoms with Crippen molar-refractivity contribution >= 4 is 21.9 Å². The van der Waals surface area contributed by atoms with Gasteiger partial charge in [-0.3, -0.25) is 4.79 Å². The molecule has 0 N–H and O–H groups in total. The van der Waals surface area contributed by atoms with Crippen molar-refractivity contribution in [3.8, 4) is 0 Å². The molecule has 1 aliphatic carbocycles. The summed E-state index contributed by atoms with van der Waals surface area (Å²) in [6.07, 6.45) is 2.63. The molecule has 1 aliphatic rings. The van der Waals surface area contributed by atoms with Crippen LogP contribution in [0.5, 0.6) is 0 Å². The van der Waals surface area contributed by atoms with E-state index in [4.69, 9.17) is 4.74 Å². The standard InChI is InChI=1S/C12H13BrO2/c1-15-12(14)6-9-3-2-8-4-5-10(13)7-11(8)9/h4-5,7,9H,2-3,6H2,1H3/t9-/m1/s1. The highest BCUT2D eigenvalue weighted by molar-refractivity contribution is 9.10. The number of methoxy groups -OCH3 is 1. The van der Waals surface area contributed by atoms with Crippen LogP contribution < -0.4 is 0 Å². The van der Waals surface area contributed by atoms with Crippen molar-refractivity contribution in [3.63, 3.8) is 0 Å². The molecule has 0 saturated heterocycles. The second-order valence-corrected chi connectivity index (χ2v) is 4.77. The van der Waals surface area contributed by atoms with Crippen molar-refractivity contribution in [2.45, 2.75) is 25.2 Å². The third kappa shape index (κ3) is 2.23. The minimum Gasteiger partial charge on any atom is -0.469 e. The maximum atomic E-state index is 11.2. The molecular weight excluding hydrogens is 256 g/mol. The molecule has 0 heterocycles. The summed E-state index contributed by atoms with van der Waals surface area (Å²) >= 11 is 3.46. The fourth-order valence-electron chi connectivity index (χ4n) is 2.16. The van der Waals surface area contributed by atoms with Crippen molar-refractivity contribution in [1.29, 1.82) is 0 Å². The number of ether oxygens (including phenoxy) is 1. The van der Waals surface area contributed by atoms with Crippen LogP contribution in [-0.4, -0.2) is 13.1 Å². The van der Waals surface area contributed by atoms with Gasteiger partial charge in [0, 0.05) is 4.47 Å². The van der Waals surface area contributed by atoms with Crippen molar-refractivity contribution < 1.29 is 9.53 Å². The van der Waals surface area contributed by atoms with Gasteiger partial charge in [0.1, 0.15) is 0 Å². The van der Waals surface area contributed by atoms with Crippen LogP contribution in [-0.2, 0) is 16.0 Å². The van der Waals surface area contributed by atoms with E-state index in [1.54, 1.807) is 0 Å². The number of fused-ring (bicyclic) bond motifs is 1. The van der Waals surface area contributed by atoms with E-state index in [9.17, 15) is 4.79 Å². The molecule has 80 valence electrons. The van der Waals surface area contributed by atoms with E-state index in [0.29, 0.717) is 12.3 Å². The fourth-order valence-corrected chi connectivity index (χ4v) is 2.53. The average Bonchev–Trinajstić information content (AvgIpc) is 2.61. The molecule has 2 rings (SSSR count). The van der Waals surface area contributed by atoms with Crippen molar-refractivity contribution in [2.24, 2.45) is 0 Å². The molecule has 3 heteroatoms. The average molecular weight is 269 g/mol. The van der Waals surface area contributed by atoms with Gasteiger partial charge >= 0.3 is 5.97 Å². The lowest BCUT2D eigenvalue weighted by molar-refractivity contribution is -0.141. The Bertz CT molecular complexity index is 387. The van der Waals surface area contributed by atoms with E-state index in [2.05, 4.69) is 34.1 Å². The van der Waals surface area contributed by atoms with E-state index in [0.717, 1.165) is 17.3 Å². The molecule has 0 bridgehead atoms. The molecular formula is C12H13BrO2. The molecule has 0 amide bonds. The number of halogens is 1. The van der Waals surface area contributed by atoms with Crippen LogP contribution in [0.15, 0.2) is 22.7 Å². The number of carbonyl (C=O) groups excluding carboxylic acids is 1. The molecule has 15 heavy (non-hydrogen) atoms. The summed E-state index contributed by atoms with van der Waals surface area (Å²) in [6, 6.07) is 6.31. The molecule has 0 fully saturated rings. The first-order valence-electron chi connectivity index (χ1n) is 5.06. The lowest BCUT2D eigenvalue weighted by atomic mass is 9.98. The normalized spacial score (nSPS) is 18.7. The van der Waals surface area contributed by atoms with Crippen molar-refractivity contribution in [2.75, 3.05) is 7.11 Å². The van der Waals surface area contributed by atoms with Crippen molar-refractivity contribution in [3.05, 3.63) is 33.8 Å². The molecule has 1 aromatic carbocycles. The number of esters is 1. The Morgan fingerprint density at radius 2 is 2.40 bits per heavy atom. The van der Waals surface area contributed by atoms with Gasteiger partial charge in [0.05, 0.1) is 13.5 Å². The summed E-state index contributed by atoms with van der Waals surface area (Å²) in [5, 5.41) is 0. The van der Waals surface area contributed by atoms with Gasteiger partial charge in [-0.25, -0.2) is 0 Å². The van der Waals surface area contributed by atoms with E-state index in [1.165, 1.54) is 18.2 Å². The van der Waals surface area contributed by atoms with Gasteiger partial charge < -0.3 is 4.74 Å². The summed E-state index contributed by atoms with van der Waals surface area (Å²) in [5.41, 5.74) is 2.67. The highest BCUT2D eigenvalue weighted by Gasteiger charge is 2.24. The first-order valence-corrected chi connectivity index (χ1v) is 5.85. The summed E-state index contributed by atoms with van der Waals surface area (Å²) in [6.45, 7) is 0. The summed E-state index contributed by atoms with van der Waals surface area (Å²) in [5.74, 6) is 0.220. The predicted octanol–water partition coefficient (Wildman–Crippen LogP) is 3.04. The Labute approximate surface area is 97.8 Å². The minimum atomic E-state index is -0.118. The maximum absolute atomic E-state index is 11.2. The molecule has 0 saturated carbocycles. The second-order valence-electron chi connectivity index (χ2n) is 3.86. The molecule has 0 aliphatic heterocycles. The number of aryl methyl sites for hydroxylation is 1. The summed E-state index contributed by atoms with van der Waals surface area (Å²) in [4.78, 5) is 11.2. The van der Waals surface area contributed by atoms with E-state index in [1.807, 2.05) is 0 Å². The number of rotatable bonds is 2. The third-order valence-electron chi connectivity index (χ3n) is 2.95. The van der Waals surface area contributed by atoms with Crippen LogP contribution >= 0.6 is 15.9 Å². The topological polar surface area (TPSA) is 26.3 Å². The zero-order valence-electron chi connectivity index (χ0n) is 8.63. The van der Waals surface area contributed by atoms with Crippen LogP contribution in [0.4, 0.5) is 0 Å². The van der Waals surface area contributed by atoms with Crippen LogP contribution in [0.2, 0.25) is 0 Å². The van der Waals surface area contributed by atoms with Gasteiger partial charge in [-0.2, -0.15) is 0 Å². The lowest BCUT2D eigenvalue weighted by Crippen LogP contribution is -2.06. The highest BCUT2D eigenvalue weighted by atomic mass is 79.9. The first kappa shape index (κ1) is 10.7. The largest absolute Gasteiger partial charge is 0.469 e. The number of carbonyl (C=O) groups is 1. The van der Waals surface area contributed by atoms with Gasteiger partial charge in [0.2, 0.25) is 0 Å². The summed E-state index contributed by atoms with van der Waals surface area (Å²) in [7, 11) is 1.44. The molecule has 0 spiro atoms. The van der Waals surface area contributed by atoms with Gasteiger partial charge in [-0.1, -0.05) is 22.0 Å². The maximum Gasteiger partial charge on any atom is 0.306 e. The quantitative estimate of drug-likeness (QED) is 0.771. The Morgan fingerprint density at radius 1 is 1.60 bits per heavy atom. The zero-order valence-corrected chi connectivity index (χ0v) is 10.2. The van der Waals surface area contributed by atoms with Crippen LogP contribution in [0, 0.1) is 0 Å². The van der Waals surface area contributed by atoms with Crippen LogP contribution in [0.1, 0.15) is 29.9 Å². The van der Waals surface area contributed by atoms with Gasteiger partial charge in [-0.15, -0.1) is 0 Å². The SMILES string of the molecule is COC(=O)C[C@H]1CCc2ccc(Br)cc21. The van der Waals surface area contributed by atoms with Gasteiger partial charge in [-0.05, 0) is 42.0 Å². The zero-order chi connectivity index (χ0) is 10.8. The van der Waals surface area contributed by atoms with Crippen LogP contribution in [0.3, 0.4) is 0 Å². The molecule has 1 aromatic rings. The van der Waals surface area contributed by atoms with E-state index in [-0.39, 0.29) is 5.97 Å². The summed E-state index contributed by atoms with van der Waals surface area (Å²) < 4.78 is 5.79. The lowest BCUT2D eigenvalue weighted by Gasteiger charge is -2.09. The third-order valence-corrected chi connectivity index (χ3v) is 3.44. The molecule has 0 unspecified atom stereocenters. The number of benzene rings is 1. The smallest absolute Gasteiger partial charge is 0.306 e. The van der Waals surface area contributed by atoms with E-state index >= 15 is 0 Å². The first-order chi connectivity index (χ1) is 7.20. The molecule has 0 radical (unpaired) electrons. The monoisotopic (exact) mass is 268 g/mol. The fraction of sp³-hybridized carbons (Fsp3) is 0.417. The molecule has 1 atom stereocenters. The van der Waals surface area contributed by atoms with Crippen molar-refractivity contribution in [1.82, 2.24) is 0 Å².